The minimum atomic E-state index is -4.56. The zero-order chi connectivity index (χ0) is 20.7. The molecular formula is C21H19F3N2O3. The number of anilines is 1. The van der Waals surface area contributed by atoms with Crippen molar-refractivity contribution in [2.45, 2.75) is 19.5 Å². The van der Waals surface area contributed by atoms with Crippen LogP contribution in [0.2, 0.25) is 0 Å². The lowest BCUT2D eigenvalue weighted by atomic mass is 9.63. The van der Waals surface area contributed by atoms with E-state index in [1.807, 2.05) is 12.2 Å². The second-order valence-corrected chi connectivity index (χ2v) is 8.40. The van der Waals surface area contributed by atoms with Crippen molar-refractivity contribution in [3.63, 3.8) is 0 Å². The van der Waals surface area contributed by atoms with Crippen molar-refractivity contribution in [3.05, 3.63) is 42.0 Å². The van der Waals surface area contributed by atoms with Crippen molar-refractivity contribution < 1.29 is 27.6 Å². The van der Waals surface area contributed by atoms with Gasteiger partial charge in [-0.1, -0.05) is 18.2 Å². The van der Waals surface area contributed by atoms with Gasteiger partial charge in [-0.05, 0) is 48.3 Å². The number of hydrogen-bond acceptors (Lipinski definition) is 3. The number of halogens is 3. The Morgan fingerprint density at radius 3 is 2.21 bits per heavy atom. The number of rotatable bonds is 3. The Labute approximate surface area is 165 Å². The van der Waals surface area contributed by atoms with Crippen molar-refractivity contribution in [2.24, 2.45) is 35.5 Å². The van der Waals surface area contributed by atoms with Gasteiger partial charge in [-0.15, -0.1) is 0 Å². The van der Waals surface area contributed by atoms with E-state index in [9.17, 15) is 27.6 Å². The Balaban J connectivity index is 1.44. The Bertz CT molecular complexity index is 921. The second-order valence-electron chi connectivity index (χ2n) is 8.40. The average Bonchev–Trinajstić information content (AvgIpc) is 3.45. The van der Waals surface area contributed by atoms with Gasteiger partial charge in [0, 0.05) is 12.6 Å². The van der Waals surface area contributed by atoms with Crippen LogP contribution in [0.5, 0.6) is 0 Å². The highest BCUT2D eigenvalue weighted by molar-refractivity contribution is 6.07. The highest BCUT2D eigenvalue weighted by atomic mass is 19.4. The number of amides is 3. The molecule has 0 spiro atoms. The normalized spacial score (nSPS) is 34.3. The van der Waals surface area contributed by atoms with Gasteiger partial charge in [0.25, 0.3) is 0 Å². The fourth-order valence-corrected chi connectivity index (χ4v) is 5.51. The fourth-order valence-electron chi connectivity index (χ4n) is 5.51. The van der Waals surface area contributed by atoms with Crippen LogP contribution in [0.4, 0.5) is 18.9 Å². The molecule has 0 radical (unpaired) electrons. The minimum absolute atomic E-state index is 0.00624. The van der Waals surface area contributed by atoms with Crippen LogP contribution >= 0.6 is 0 Å². The van der Waals surface area contributed by atoms with Crippen molar-refractivity contribution in [3.8, 4) is 0 Å². The largest absolute Gasteiger partial charge is 0.416 e. The molecule has 4 aliphatic carbocycles. The highest BCUT2D eigenvalue weighted by Gasteiger charge is 2.67. The number of hydrogen-bond donors (Lipinski definition) is 0. The molecule has 2 saturated carbocycles. The molecule has 3 amide bonds. The van der Waals surface area contributed by atoms with E-state index in [1.165, 1.54) is 19.1 Å². The number of likely N-dealkylation sites (tertiary alicyclic amines) is 1. The predicted octanol–water partition coefficient (Wildman–Crippen LogP) is 3.07. The van der Waals surface area contributed by atoms with Gasteiger partial charge >= 0.3 is 6.18 Å². The third-order valence-corrected chi connectivity index (χ3v) is 6.90. The molecule has 1 aromatic rings. The van der Waals surface area contributed by atoms with E-state index in [1.54, 1.807) is 0 Å². The van der Waals surface area contributed by atoms with Crippen molar-refractivity contribution in [1.82, 2.24) is 4.90 Å². The Morgan fingerprint density at radius 1 is 1.10 bits per heavy atom. The first-order chi connectivity index (χ1) is 13.7. The molecule has 0 unspecified atom stereocenters. The molecule has 6 rings (SSSR count). The van der Waals surface area contributed by atoms with Crippen LogP contribution in [0.1, 0.15) is 18.9 Å². The predicted molar refractivity (Wildman–Crippen MR) is 96.0 cm³/mol. The van der Waals surface area contributed by atoms with Gasteiger partial charge in [0.15, 0.2) is 0 Å². The molecule has 3 fully saturated rings. The molecule has 1 aliphatic heterocycles. The standard InChI is InChI=1S/C21H19F3N2O3/c1-10(27)25(12-4-2-3-11(7-12)21(22,23)24)9-26-19(28)17-13-5-6-14(16-8-15(13)16)18(17)20(26)29/h2-7,13-18H,8-9H2,1H3/t13-,14+,15-,16-,17+,18-/m1/s1. The molecule has 5 nitrogen and oxygen atoms in total. The van der Waals surface area contributed by atoms with Gasteiger partial charge in [-0.2, -0.15) is 13.2 Å². The summed E-state index contributed by atoms with van der Waals surface area (Å²) in [5.41, 5.74) is -0.886. The van der Waals surface area contributed by atoms with E-state index < -0.39 is 29.5 Å². The zero-order valence-electron chi connectivity index (χ0n) is 15.6. The fraction of sp³-hybridized carbons (Fsp3) is 0.476. The quantitative estimate of drug-likeness (QED) is 0.575. The molecule has 6 atom stereocenters. The highest BCUT2D eigenvalue weighted by Crippen LogP contribution is 2.65. The molecule has 8 heteroatoms. The molecule has 1 saturated heterocycles. The summed E-state index contributed by atoms with van der Waals surface area (Å²) in [4.78, 5) is 40.5. The number of carbonyl (C=O) groups is 3. The third kappa shape index (κ3) is 2.64. The maximum absolute atomic E-state index is 13.1. The molecular weight excluding hydrogens is 385 g/mol. The Kier molecular flexibility index (Phi) is 3.76. The monoisotopic (exact) mass is 404 g/mol. The number of carbonyl (C=O) groups excluding carboxylic acids is 3. The maximum Gasteiger partial charge on any atom is 0.416 e. The number of allylic oxidation sites excluding steroid dienone is 2. The SMILES string of the molecule is CC(=O)N(CN1C(=O)[C@@H]2[C@H]3C=C[C@H]([C@H]4C[C@H]34)[C@@H]2C1=O)c1cccc(C(F)(F)F)c1. The summed E-state index contributed by atoms with van der Waals surface area (Å²) < 4.78 is 39.2. The lowest BCUT2D eigenvalue weighted by Gasteiger charge is -2.37. The Morgan fingerprint density at radius 2 is 1.69 bits per heavy atom. The van der Waals surface area contributed by atoms with E-state index >= 15 is 0 Å². The van der Waals surface area contributed by atoms with Crippen molar-refractivity contribution in [1.29, 1.82) is 0 Å². The van der Waals surface area contributed by atoms with Gasteiger partial charge < -0.3 is 0 Å². The van der Waals surface area contributed by atoms with Crippen molar-refractivity contribution in [2.75, 3.05) is 11.6 Å². The van der Waals surface area contributed by atoms with Gasteiger partial charge in [-0.3, -0.25) is 24.2 Å². The van der Waals surface area contributed by atoms with Crippen LogP contribution in [0.3, 0.4) is 0 Å². The lowest BCUT2D eigenvalue weighted by molar-refractivity contribution is -0.141. The lowest BCUT2D eigenvalue weighted by Crippen LogP contribution is -2.44. The van der Waals surface area contributed by atoms with Crippen LogP contribution in [0.15, 0.2) is 36.4 Å². The molecule has 1 aromatic carbocycles. The molecule has 1 heterocycles. The third-order valence-electron chi connectivity index (χ3n) is 6.90. The molecule has 29 heavy (non-hydrogen) atoms. The first kappa shape index (κ1) is 18.4. The first-order valence-corrected chi connectivity index (χ1v) is 9.67. The van der Waals surface area contributed by atoms with E-state index in [2.05, 4.69) is 0 Å². The minimum Gasteiger partial charge on any atom is -0.294 e. The molecule has 0 N–H and O–H groups in total. The summed E-state index contributed by atoms with van der Waals surface area (Å²) in [6.45, 7) is 0.842. The molecule has 152 valence electrons. The summed E-state index contributed by atoms with van der Waals surface area (Å²) in [5.74, 6) is -0.972. The summed E-state index contributed by atoms with van der Waals surface area (Å²) in [7, 11) is 0. The maximum atomic E-state index is 13.1. The second kappa shape index (κ2) is 5.93. The van der Waals surface area contributed by atoms with E-state index in [4.69, 9.17) is 0 Å². The number of alkyl halides is 3. The van der Waals surface area contributed by atoms with Gasteiger partial charge in [-0.25, -0.2) is 0 Å². The van der Waals surface area contributed by atoms with Crippen LogP contribution in [-0.2, 0) is 20.6 Å². The van der Waals surface area contributed by atoms with Gasteiger partial charge in [0.2, 0.25) is 17.7 Å². The topological polar surface area (TPSA) is 57.7 Å². The number of imide groups is 1. The molecule has 2 bridgehead atoms. The number of nitrogens with zero attached hydrogens (tertiary/aromatic N) is 2. The smallest absolute Gasteiger partial charge is 0.294 e. The summed E-state index contributed by atoms with van der Waals surface area (Å²) in [6, 6.07) is 4.35. The number of benzene rings is 1. The van der Waals surface area contributed by atoms with Gasteiger partial charge in [0.05, 0.1) is 17.4 Å². The van der Waals surface area contributed by atoms with Crippen LogP contribution in [-0.4, -0.2) is 29.3 Å². The van der Waals surface area contributed by atoms with Crippen molar-refractivity contribution >= 4 is 23.4 Å². The van der Waals surface area contributed by atoms with E-state index in [0.29, 0.717) is 11.8 Å². The van der Waals surface area contributed by atoms with Crippen LogP contribution < -0.4 is 4.90 Å². The zero-order valence-corrected chi connectivity index (χ0v) is 15.6. The molecule has 5 aliphatic rings. The van der Waals surface area contributed by atoms with Gasteiger partial charge in [0.1, 0.15) is 6.67 Å². The summed E-state index contributed by atoms with van der Waals surface area (Å²) >= 11 is 0. The first-order valence-electron chi connectivity index (χ1n) is 9.67. The molecule has 0 aromatic heterocycles. The van der Waals surface area contributed by atoms with E-state index in [0.717, 1.165) is 28.4 Å². The Hall–Kier alpha value is -2.64. The van der Waals surface area contributed by atoms with E-state index in [-0.39, 0.29) is 36.0 Å². The van der Waals surface area contributed by atoms with Crippen LogP contribution in [0.25, 0.3) is 0 Å². The average molecular weight is 404 g/mol. The summed E-state index contributed by atoms with van der Waals surface area (Å²) in [6.07, 6.45) is 0.576. The summed E-state index contributed by atoms with van der Waals surface area (Å²) in [5, 5.41) is 0. The van der Waals surface area contributed by atoms with Crippen LogP contribution in [0, 0.1) is 35.5 Å².